The SMILES string of the molecule is O=Cc1cn(CCCOc2ccccc2)c2ccc(Br)cc12. The molecule has 0 saturated carbocycles. The van der Waals surface area contributed by atoms with Crippen LogP contribution in [0.3, 0.4) is 0 Å². The highest BCUT2D eigenvalue weighted by atomic mass is 79.9. The summed E-state index contributed by atoms with van der Waals surface area (Å²) in [4.78, 5) is 11.2. The molecule has 112 valence electrons. The van der Waals surface area contributed by atoms with E-state index in [0.29, 0.717) is 6.61 Å². The van der Waals surface area contributed by atoms with Gasteiger partial charge in [-0.2, -0.15) is 0 Å². The van der Waals surface area contributed by atoms with Crippen LogP contribution in [0.1, 0.15) is 16.8 Å². The first-order chi connectivity index (χ1) is 10.8. The van der Waals surface area contributed by atoms with Crippen molar-refractivity contribution in [3.05, 3.63) is 64.8 Å². The Balaban J connectivity index is 1.68. The van der Waals surface area contributed by atoms with Crippen LogP contribution in [-0.2, 0) is 6.54 Å². The van der Waals surface area contributed by atoms with Crippen LogP contribution in [0, 0.1) is 0 Å². The third-order valence-electron chi connectivity index (χ3n) is 3.56. The van der Waals surface area contributed by atoms with E-state index >= 15 is 0 Å². The fraction of sp³-hybridized carbons (Fsp3) is 0.167. The zero-order valence-electron chi connectivity index (χ0n) is 12.0. The fourth-order valence-electron chi connectivity index (χ4n) is 2.52. The Labute approximate surface area is 137 Å². The summed E-state index contributed by atoms with van der Waals surface area (Å²) < 4.78 is 8.79. The predicted octanol–water partition coefficient (Wildman–Crippen LogP) is 4.69. The number of aldehydes is 1. The van der Waals surface area contributed by atoms with E-state index in [1.165, 1.54) is 0 Å². The number of nitrogens with zero attached hydrogens (tertiary/aromatic N) is 1. The van der Waals surface area contributed by atoms with Gasteiger partial charge in [0.1, 0.15) is 5.75 Å². The fourth-order valence-corrected chi connectivity index (χ4v) is 2.88. The molecule has 0 bridgehead atoms. The van der Waals surface area contributed by atoms with Crippen LogP contribution in [0.15, 0.2) is 59.2 Å². The van der Waals surface area contributed by atoms with Gasteiger partial charge in [-0.15, -0.1) is 0 Å². The van der Waals surface area contributed by atoms with Crippen molar-refractivity contribution < 1.29 is 9.53 Å². The van der Waals surface area contributed by atoms with E-state index in [4.69, 9.17) is 4.74 Å². The number of aromatic nitrogens is 1. The minimum Gasteiger partial charge on any atom is -0.494 e. The van der Waals surface area contributed by atoms with E-state index in [1.807, 2.05) is 54.7 Å². The second-order valence-corrected chi connectivity index (χ2v) is 5.99. The summed E-state index contributed by atoms with van der Waals surface area (Å²) in [6.45, 7) is 1.47. The monoisotopic (exact) mass is 357 g/mol. The molecule has 0 unspecified atom stereocenters. The molecule has 0 amide bonds. The number of halogens is 1. The van der Waals surface area contributed by atoms with Crippen molar-refractivity contribution >= 4 is 33.1 Å². The van der Waals surface area contributed by atoms with Crippen LogP contribution in [0.4, 0.5) is 0 Å². The van der Waals surface area contributed by atoms with Crippen LogP contribution in [0.25, 0.3) is 10.9 Å². The van der Waals surface area contributed by atoms with Crippen molar-refractivity contribution in [2.45, 2.75) is 13.0 Å². The van der Waals surface area contributed by atoms with Crippen LogP contribution < -0.4 is 4.74 Å². The number of hydrogen-bond donors (Lipinski definition) is 0. The molecule has 1 aromatic heterocycles. The highest BCUT2D eigenvalue weighted by Gasteiger charge is 2.08. The molecule has 0 aliphatic rings. The molecule has 1 heterocycles. The maximum Gasteiger partial charge on any atom is 0.152 e. The molecule has 4 heteroatoms. The minimum absolute atomic E-state index is 0.649. The van der Waals surface area contributed by atoms with E-state index in [9.17, 15) is 4.79 Å². The van der Waals surface area contributed by atoms with Gasteiger partial charge in [0.25, 0.3) is 0 Å². The van der Waals surface area contributed by atoms with Crippen LogP contribution >= 0.6 is 15.9 Å². The van der Waals surface area contributed by atoms with Gasteiger partial charge in [-0.1, -0.05) is 34.1 Å². The van der Waals surface area contributed by atoms with Crippen molar-refractivity contribution in [2.75, 3.05) is 6.61 Å². The summed E-state index contributed by atoms with van der Waals surface area (Å²) in [5.74, 6) is 0.886. The number of hydrogen-bond acceptors (Lipinski definition) is 2. The average Bonchev–Trinajstić information content (AvgIpc) is 2.89. The Morgan fingerprint density at radius 2 is 1.95 bits per heavy atom. The third kappa shape index (κ3) is 3.22. The normalized spacial score (nSPS) is 10.8. The number of benzene rings is 2. The molecule has 0 aliphatic heterocycles. The first-order valence-corrected chi connectivity index (χ1v) is 7.98. The molecule has 3 aromatic rings. The van der Waals surface area contributed by atoms with Crippen molar-refractivity contribution in [2.24, 2.45) is 0 Å². The van der Waals surface area contributed by atoms with E-state index in [-0.39, 0.29) is 0 Å². The molecule has 3 nitrogen and oxygen atoms in total. The maximum atomic E-state index is 11.2. The zero-order valence-corrected chi connectivity index (χ0v) is 13.6. The summed E-state index contributed by atoms with van der Waals surface area (Å²) in [6, 6.07) is 15.8. The highest BCUT2D eigenvalue weighted by Crippen LogP contribution is 2.24. The standard InChI is InChI=1S/C18H16BrNO2/c19-15-7-8-18-17(11-15)14(13-21)12-20(18)9-4-10-22-16-5-2-1-3-6-16/h1-3,5-8,11-13H,4,9-10H2. The zero-order chi connectivity index (χ0) is 15.4. The third-order valence-corrected chi connectivity index (χ3v) is 4.05. The number of rotatable bonds is 6. The molecule has 0 fully saturated rings. The van der Waals surface area contributed by atoms with Gasteiger partial charge >= 0.3 is 0 Å². The number of fused-ring (bicyclic) bond motifs is 1. The molecule has 3 rings (SSSR count). The Morgan fingerprint density at radius 1 is 1.14 bits per heavy atom. The number of ether oxygens (including phenoxy) is 1. The topological polar surface area (TPSA) is 31.2 Å². The van der Waals surface area contributed by atoms with Gasteiger partial charge in [0.2, 0.25) is 0 Å². The van der Waals surface area contributed by atoms with E-state index < -0.39 is 0 Å². The number of carbonyl (C=O) groups excluding carboxylic acids is 1. The largest absolute Gasteiger partial charge is 0.494 e. The summed E-state index contributed by atoms with van der Waals surface area (Å²) in [5.41, 5.74) is 1.80. The lowest BCUT2D eigenvalue weighted by Gasteiger charge is -2.07. The smallest absolute Gasteiger partial charge is 0.152 e. The van der Waals surface area contributed by atoms with Crippen molar-refractivity contribution in [1.29, 1.82) is 0 Å². The van der Waals surface area contributed by atoms with Gasteiger partial charge < -0.3 is 9.30 Å². The second-order valence-electron chi connectivity index (χ2n) is 5.07. The van der Waals surface area contributed by atoms with Gasteiger partial charge in [-0.25, -0.2) is 0 Å². The van der Waals surface area contributed by atoms with Crippen LogP contribution in [0.5, 0.6) is 5.75 Å². The first-order valence-electron chi connectivity index (χ1n) is 7.19. The summed E-state index contributed by atoms with van der Waals surface area (Å²) in [6.07, 6.45) is 3.70. The minimum atomic E-state index is 0.649. The summed E-state index contributed by atoms with van der Waals surface area (Å²) in [7, 11) is 0. The quantitative estimate of drug-likeness (QED) is 0.473. The van der Waals surface area contributed by atoms with Crippen molar-refractivity contribution in [3.63, 3.8) is 0 Å². The van der Waals surface area contributed by atoms with Crippen LogP contribution in [0.2, 0.25) is 0 Å². The Bertz CT molecular complexity index is 780. The Kier molecular flexibility index (Phi) is 4.59. The molecule has 0 atom stereocenters. The molecule has 0 aliphatic carbocycles. The Hall–Kier alpha value is -2.07. The first kappa shape index (κ1) is 14.9. The van der Waals surface area contributed by atoms with E-state index in [2.05, 4.69) is 20.5 Å². The average molecular weight is 358 g/mol. The number of aryl methyl sites for hydroxylation is 1. The summed E-state index contributed by atoms with van der Waals surface area (Å²) >= 11 is 3.45. The van der Waals surface area contributed by atoms with Gasteiger partial charge in [-0.3, -0.25) is 4.79 Å². The Morgan fingerprint density at radius 3 is 2.73 bits per heavy atom. The predicted molar refractivity (Wildman–Crippen MR) is 91.6 cm³/mol. The lowest BCUT2D eigenvalue weighted by molar-refractivity contribution is 0.112. The van der Waals surface area contributed by atoms with Crippen molar-refractivity contribution in [1.82, 2.24) is 4.57 Å². The molecular weight excluding hydrogens is 342 g/mol. The van der Waals surface area contributed by atoms with Gasteiger partial charge in [0.15, 0.2) is 6.29 Å². The number of para-hydroxylation sites is 1. The van der Waals surface area contributed by atoms with Crippen molar-refractivity contribution in [3.8, 4) is 5.75 Å². The maximum absolute atomic E-state index is 11.2. The molecule has 0 spiro atoms. The van der Waals surface area contributed by atoms with Gasteiger partial charge in [0.05, 0.1) is 6.61 Å². The molecular formula is C18H16BrNO2. The van der Waals surface area contributed by atoms with E-state index in [0.717, 1.165) is 45.9 Å². The second kappa shape index (κ2) is 6.79. The highest BCUT2D eigenvalue weighted by molar-refractivity contribution is 9.10. The molecule has 2 aromatic carbocycles. The van der Waals surface area contributed by atoms with Gasteiger partial charge in [-0.05, 0) is 36.8 Å². The van der Waals surface area contributed by atoms with E-state index in [1.54, 1.807) is 0 Å². The van der Waals surface area contributed by atoms with Gasteiger partial charge in [0, 0.05) is 33.7 Å². The molecule has 0 radical (unpaired) electrons. The molecule has 0 N–H and O–H groups in total. The molecule has 22 heavy (non-hydrogen) atoms. The number of carbonyl (C=O) groups is 1. The lowest BCUT2D eigenvalue weighted by Crippen LogP contribution is -2.03. The lowest BCUT2D eigenvalue weighted by atomic mass is 10.2. The van der Waals surface area contributed by atoms with Crippen LogP contribution in [-0.4, -0.2) is 17.5 Å². The summed E-state index contributed by atoms with van der Waals surface area (Å²) in [5, 5.41) is 0.980. The molecule has 0 saturated heterocycles.